The number of hydrogen-bond acceptors (Lipinski definition) is 2. The van der Waals surface area contributed by atoms with Gasteiger partial charge in [-0.3, -0.25) is 4.90 Å². The molecule has 0 aromatic heterocycles. The highest BCUT2D eigenvalue weighted by Gasteiger charge is 2.35. The van der Waals surface area contributed by atoms with Gasteiger partial charge in [-0.25, -0.2) is 0 Å². The first kappa shape index (κ1) is 10.0. The lowest BCUT2D eigenvalue weighted by molar-refractivity contribution is -0.00981. The van der Waals surface area contributed by atoms with Gasteiger partial charge < -0.3 is 5.11 Å². The third-order valence-electron chi connectivity index (χ3n) is 3.11. The van der Waals surface area contributed by atoms with Gasteiger partial charge in [-0.15, -0.1) is 0 Å². The average Bonchev–Trinajstić information content (AvgIpc) is 1.83. The SMILES string of the molecule is CCC1CN(C(C)(C)CCO)C1. The second kappa shape index (κ2) is 3.75. The molecule has 1 N–H and O–H groups in total. The lowest BCUT2D eigenvalue weighted by Gasteiger charge is -2.49. The third kappa shape index (κ3) is 1.99. The van der Waals surface area contributed by atoms with E-state index < -0.39 is 0 Å². The quantitative estimate of drug-likeness (QED) is 0.692. The van der Waals surface area contributed by atoms with Crippen LogP contribution in [0.25, 0.3) is 0 Å². The molecule has 0 atom stereocenters. The summed E-state index contributed by atoms with van der Waals surface area (Å²) in [5.41, 5.74) is 0.209. The molecule has 2 heteroatoms. The van der Waals surface area contributed by atoms with Crippen LogP contribution in [0.4, 0.5) is 0 Å². The molecule has 0 aliphatic carbocycles. The largest absolute Gasteiger partial charge is 0.396 e. The van der Waals surface area contributed by atoms with Crippen molar-refractivity contribution >= 4 is 0 Å². The number of hydrogen-bond donors (Lipinski definition) is 1. The average molecular weight is 171 g/mol. The lowest BCUT2D eigenvalue weighted by atomic mass is 9.88. The molecular formula is C10H21NO. The lowest BCUT2D eigenvalue weighted by Crippen LogP contribution is -2.57. The summed E-state index contributed by atoms with van der Waals surface area (Å²) < 4.78 is 0. The maximum Gasteiger partial charge on any atom is 0.0448 e. The standard InChI is InChI=1S/C10H21NO/c1-4-9-7-11(8-9)10(2,3)5-6-12/h9,12H,4-8H2,1-3H3. The molecule has 1 aliphatic heterocycles. The molecule has 0 saturated carbocycles. The molecule has 0 spiro atoms. The van der Waals surface area contributed by atoms with E-state index in [1.807, 2.05) is 0 Å². The van der Waals surface area contributed by atoms with Gasteiger partial charge in [0.15, 0.2) is 0 Å². The zero-order chi connectivity index (χ0) is 9.19. The Morgan fingerprint density at radius 1 is 1.42 bits per heavy atom. The van der Waals surface area contributed by atoms with Gasteiger partial charge in [0.05, 0.1) is 0 Å². The topological polar surface area (TPSA) is 23.5 Å². The van der Waals surface area contributed by atoms with E-state index in [2.05, 4.69) is 25.7 Å². The van der Waals surface area contributed by atoms with Gasteiger partial charge in [0.2, 0.25) is 0 Å². The molecule has 0 unspecified atom stereocenters. The van der Waals surface area contributed by atoms with Crippen molar-refractivity contribution < 1.29 is 5.11 Å². The van der Waals surface area contributed by atoms with Crippen molar-refractivity contribution in [2.24, 2.45) is 5.92 Å². The minimum atomic E-state index is 0.209. The molecule has 2 nitrogen and oxygen atoms in total. The van der Waals surface area contributed by atoms with Crippen LogP contribution in [0.5, 0.6) is 0 Å². The van der Waals surface area contributed by atoms with Gasteiger partial charge in [0, 0.05) is 25.2 Å². The maximum atomic E-state index is 8.87. The van der Waals surface area contributed by atoms with E-state index in [-0.39, 0.29) is 5.54 Å². The smallest absolute Gasteiger partial charge is 0.0448 e. The van der Waals surface area contributed by atoms with E-state index in [1.54, 1.807) is 0 Å². The highest BCUT2D eigenvalue weighted by atomic mass is 16.3. The molecule has 72 valence electrons. The molecule has 0 amide bonds. The number of aliphatic hydroxyl groups excluding tert-OH is 1. The fourth-order valence-electron chi connectivity index (χ4n) is 1.75. The number of likely N-dealkylation sites (tertiary alicyclic amines) is 1. The molecule has 1 rings (SSSR count). The molecular weight excluding hydrogens is 150 g/mol. The van der Waals surface area contributed by atoms with E-state index in [9.17, 15) is 0 Å². The Kier molecular flexibility index (Phi) is 3.13. The Morgan fingerprint density at radius 3 is 2.42 bits per heavy atom. The Bertz CT molecular complexity index is 139. The van der Waals surface area contributed by atoms with Crippen molar-refractivity contribution in [3.8, 4) is 0 Å². The van der Waals surface area contributed by atoms with E-state index in [1.165, 1.54) is 19.5 Å². The predicted octanol–water partition coefficient (Wildman–Crippen LogP) is 1.49. The van der Waals surface area contributed by atoms with E-state index >= 15 is 0 Å². The molecule has 0 bridgehead atoms. The highest BCUT2D eigenvalue weighted by Crippen LogP contribution is 2.29. The first-order valence-electron chi connectivity index (χ1n) is 4.96. The fourth-order valence-corrected chi connectivity index (χ4v) is 1.75. The molecule has 1 saturated heterocycles. The van der Waals surface area contributed by atoms with Crippen molar-refractivity contribution in [2.75, 3.05) is 19.7 Å². The number of nitrogens with zero attached hydrogens (tertiary/aromatic N) is 1. The van der Waals surface area contributed by atoms with E-state index in [4.69, 9.17) is 5.11 Å². The molecule has 0 radical (unpaired) electrons. The summed E-state index contributed by atoms with van der Waals surface area (Å²) in [6, 6.07) is 0. The second-order valence-corrected chi connectivity index (χ2v) is 4.47. The summed E-state index contributed by atoms with van der Waals surface area (Å²) >= 11 is 0. The molecule has 1 aliphatic rings. The fraction of sp³-hybridized carbons (Fsp3) is 1.00. The molecule has 12 heavy (non-hydrogen) atoms. The van der Waals surface area contributed by atoms with Crippen molar-refractivity contribution in [2.45, 2.75) is 39.2 Å². The van der Waals surface area contributed by atoms with Crippen LogP contribution in [0.2, 0.25) is 0 Å². The molecule has 1 heterocycles. The van der Waals surface area contributed by atoms with Crippen LogP contribution in [0.1, 0.15) is 33.6 Å². The maximum absolute atomic E-state index is 8.87. The summed E-state index contributed by atoms with van der Waals surface area (Å²) in [5, 5.41) is 8.87. The van der Waals surface area contributed by atoms with Crippen LogP contribution in [-0.4, -0.2) is 35.2 Å². The number of aliphatic hydroxyl groups is 1. The van der Waals surface area contributed by atoms with E-state index in [0.29, 0.717) is 6.61 Å². The van der Waals surface area contributed by atoms with Crippen LogP contribution >= 0.6 is 0 Å². The Hall–Kier alpha value is -0.0800. The Balaban J connectivity index is 2.30. The van der Waals surface area contributed by atoms with E-state index in [0.717, 1.165) is 12.3 Å². The van der Waals surface area contributed by atoms with Crippen molar-refractivity contribution in [3.05, 3.63) is 0 Å². The third-order valence-corrected chi connectivity index (χ3v) is 3.11. The normalized spacial score (nSPS) is 21.0. The summed E-state index contributed by atoms with van der Waals surface area (Å²) in [4.78, 5) is 2.47. The molecule has 1 fully saturated rings. The number of rotatable bonds is 4. The van der Waals surface area contributed by atoms with Crippen molar-refractivity contribution in [3.63, 3.8) is 0 Å². The summed E-state index contributed by atoms with van der Waals surface area (Å²) in [6.45, 7) is 9.44. The zero-order valence-electron chi connectivity index (χ0n) is 8.51. The van der Waals surface area contributed by atoms with Crippen LogP contribution in [-0.2, 0) is 0 Å². The van der Waals surface area contributed by atoms with Crippen LogP contribution in [0.15, 0.2) is 0 Å². The Labute approximate surface area is 75.6 Å². The van der Waals surface area contributed by atoms with Crippen LogP contribution in [0.3, 0.4) is 0 Å². The summed E-state index contributed by atoms with van der Waals surface area (Å²) in [5.74, 6) is 0.906. The first-order valence-corrected chi connectivity index (χ1v) is 4.96. The zero-order valence-corrected chi connectivity index (χ0v) is 8.51. The van der Waals surface area contributed by atoms with Crippen molar-refractivity contribution in [1.29, 1.82) is 0 Å². The van der Waals surface area contributed by atoms with Gasteiger partial charge in [-0.2, -0.15) is 0 Å². The van der Waals surface area contributed by atoms with Crippen LogP contribution in [0, 0.1) is 5.92 Å². The molecule has 0 aromatic rings. The minimum absolute atomic E-state index is 0.209. The minimum Gasteiger partial charge on any atom is -0.396 e. The van der Waals surface area contributed by atoms with Crippen molar-refractivity contribution in [1.82, 2.24) is 4.90 Å². The monoisotopic (exact) mass is 171 g/mol. The first-order chi connectivity index (χ1) is 5.60. The van der Waals surface area contributed by atoms with Gasteiger partial charge in [-0.05, 0) is 26.2 Å². The highest BCUT2D eigenvalue weighted by molar-refractivity contribution is 4.90. The predicted molar refractivity (Wildman–Crippen MR) is 51.1 cm³/mol. The van der Waals surface area contributed by atoms with Gasteiger partial charge in [0.25, 0.3) is 0 Å². The Morgan fingerprint density at radius 2 is 2.00 bits per heavy atom. The van der Waals surface area contributed by atoms with Gasteiger partial charge in [0.1, 0.15) is 0 Å². The van der Waals surface area contributed by atoms with Gasteiger partial charge in [-0.1, -0.05) is 13.3 Å². The summed E-state index contributed by atoms with van der Waals surface area (Å²) in [7, 11) is 0. The molecule has 0 aromatic carbocycles. The van der Waals surface area contributed by atoms with Crippen LogP contribution < -0.4 is 0 Å². The summed E-state index contributed by atoms with van der Waals surface area (Å²) in [6.07, 6.45) is 2.19. The second-order valence-electron chi connectivity index (χ2n) is 4.47. The van der Waals surface area contributed by atoms with Gasteiger partial charge >= 0.3 is 0 Å².